The Labute approximate surface area is 106 Å². The number of rotatable bonds is 9. The second-order valence-electron chi connectivity index (χ2n) is 3.82. The lowest BCUT2D eigenvalue weighted by Crippen LogP contribution is -2.31. The molecule has 0 N–H and O–H groups in total. The molecular weight excluding hydrogens is 236 g/mol. The SMILES string of the molecule is C=C(C(=O)O[SiH](OCC)OCC)C(C)CCC. The zero-order valence-electron chi connectivity index (χ0n) is 11.3. The van der Waals surface area contributed by atoms with Gasteiger partial charge in [-0.3, -0.25) is 0 Å². The topological polar surface area (TPSA) is 44.8 Å². The van der Waals surface area contributed by atoms with Crippen LogP contribution in [0.2, 0.25) is 0 Å². The minimum absolute atomic E-state index is 0.144. The number of carbonyl (C=O) groups is 1. The Bertz CT molecular complexity index is 237. The number of hydrogen-bond acceptors (Lipinski definition) is 4. The lowest BCUT2D eigenvalue weighted by Gasteiger charge is -2.18. The smallest absolute Gasteiger partial charge is 0.472 e. The summed E-state index contributed by atoms with van der Waals surface area (Å²) in [6, 6.07) is 0. The molecule has 100 valence electrons. The predicted octanol–water partition coefficient (Wildman–Crippen LogP) is 2.31. The van der Waals surface area contributed by atoms with Crippen LogP contribution in [0.15, 0.2) is 12.2 Å². The highest BCUT2D eigenvalue weighted by Gasteiger charge is 2.23. The summed E-state index contributed by atoms with van der Waals surface area (Å²) in [6.45, 7) is 12.5. The first kappa shape index (κ1) is 16.3. The predicted molar refractivity (Wildman–Crippen MR) is 69.7 cm³/mol. The van der Waals surface area contributed by atoms with Crippen LogP contribution in [0.25, 0.3) is 0 Å². The quantitative estimate of drug-likeness (QED) is 0.471. The first-order valence-electron chi connectivity index (χ1n) is 6.19. The summed E-state index contributed by atoms with van der Waals surface area (Å²) in [5, 5.41) is 0. The summed E-state index contributed by atoms with van der Waals surface area (Å²) in [5.41, 5.74) is 0.503. The van der Waals surface area contributed by atoms with E-state index in [1.165, 1.54) is 0 Å². The van der Waals surface area contributed by atoms with Gasteiger partial charge in [0.25, 0.3) is 0 Å². The van der Waals surface area contributed by atoms with Gasteiger partial charge in [-0.25, -0.2) is 4.79 Å². The van der Waals surface area contributed by atoms with Crippen molar-refractivity contribution < 1.29 is 18.1 Å². The standard InChI is InChI=1S/C12H24O4Si/c1-6-9-10(4)11(5)12(13)16-17(14-7-2)15-8-3/h10,17H,5-9H2,1-4H3. The molecule has 0 aliphatic heterocycles. The summed E-state index contributed by atoms with van der Waals surface area (Å²) in [6.07, 6.45) is 1.95. The molecule has 1 unspecified atom stereocenters. The fourth-order valence-corrected chi connectivity index (χ4v) is 2.46. The third kappa shape index (κ3) is 6.60. The molecule has 0 aromatic rings. The van der Waals surface area contributed by atoms with Crippen LogP contribution >= 0.6 is 0 Å². The summed E-state index contributed by atoms with van der Waals surface area (Å²) < 4.78 is 15.8. The van der Waals surface area contributed by atoms with Crippen molar-refractivity contribution in [3.63, 3.8) is 0 Å². The Morgan fingerprint density at radius 2 is 1.76 bits per heavy atom. The van der Waals surface area contributed by atoms with Gasteiger partial charge in [-0.1, -0.05) is 26.8 Å². The lowest BCUT2D eigenvalue weighted by atomic mass is 9.98. The minimum atomic E-state index is -2.32. The van der Waals surface area contributed by atoms with E-state index >= 15 is 0 Å². The molecule has 0 radical (unpaired) electrons. The molecule has 0 amide bonds. The van der Waals surface area contributed by atoms with Crippen molar-refractivity contribution in [1.29, 1.82) is 0 Å². The van der Waals surface area contributed by atoms with Crippen LogP contribution in [0.4, 0.5) is 0 Å². The lowest BCUT2D eigenvalue weighted by molar-refractivity contribution is -0.134. The highest BCUT2D eigenvalue weighted by Crippen LogP contribution is 2.16. The van der Waals surface area contributed by atoms with Crippen molar-refractivity contribution in [3.8, 4) is 0 Å². The highest BCUT2D eigenvalue weighted by atomic mass is 28.3. The molecule has 17 heavy (non-hydrogen) atoms. The molecule has 0 bridgehead atoms. The zero-order valence-corrected chi connectivity index (χ0v) is 12.5. The number of hydrogen-bond donors (Lipinski definition) is 0. The van der Waals surface area contributed by atoms with Gasteiger partial charge in [-0.05, 0) is 26.2 Å². The van der Waals surface area contributed by atoms with Crippen molar-refractivity contribution in [2.45, 2.75) is 40.5 Å². The normalized spacial score (nSPS) is 12.5. The average molecular weight is 260 g/mol. The molecule has 0 aromatic heterocycles. The van der Waals surface area contributed by atoms with Crippen LogP contribution in [-0.2, 0) is 18.1 Å². The van der Waals surface area contributed by atoms with Crippen LogP contribution in [0, 0.1) is 5.92 Å². The fourth-order valence-electron chi connectivity index (χ4n) is 1.36. The van der Waals surface area contributed by atoms with Gasteiger partial charge >= 0.3 is 15.5 Å². The van der Waals surface area contributed by atoms with Gasteiger partial charge in [0, 0.05) is 18.8 Å². The van der Waals surface area contributed by atoms with Crippen LogP contribution in [0.3, 0.4) is 0 Å². The van der Waals surface area contributed by atoms with E-state index < -0.39 is 9.53 Å². The van der Waals surface area contributed by atoms with Gasteiger partial charge in [0.05, 0.1) is 0 Å². The van der Waals surface area contributed by atoms with Gasteiger partial charge in [0.2, 0.25) is 0 Å². The Morgan fingerprint density at radius 1 is 1.24 bits per heavy atom. The Morgan fingerprint density at radius 3 is 2.18 bits per heavy atom. The molecule has 0 saturated heterocycles. The first-order valence-corrected chi connectivity index (χ1v) is 7.61. The molecule has 0 fully saturated rings. The maximum atomic E-state index is 11.8. The van der Waals surface area contributed by atoms with Crippen LogP contribution in [0.1, 0.15) is 40.5 Å². The summed E-state index contributed by atoms with van der Waals surface area (Å²) >= 11 is 0. The van der Waals surface area contributed by atoms with Gasteiger partial charge in [-0.15, -0.1) is 0 Å². The van der Waals surface area contributed by atoms with Gasteiger partial charge < -0.3 is 13.3 Å². The van der Waals surface area contributed by atoms with E-state index in [0.717, 1.165) is 12.8 Å². The van der Waals surface area contributed by atoms with Crippen molar-refractivity contribution in [3.05, 3.63) is 12.2 Å². The second-order valence-corrected chi connectivity index (χ2v) is 5.30. The minimum Gasteiger partial charge on any atom is -0.472 e. The molecule has 0 spiro atoms. The second kappa shape index (κ2) is 9.38. The van der Waals surface area contributed by atoms with Crippen LogP contribution in [0.5, 0.6) is 0 Å². The zero-order chi connectivity index (χ0) is 13.3. The molecule has 5 heteroatoms. The maximum absolute atomic E-state index is 11.8. The molecule has 0 aliphatic rings. The molecule has 0 heterocycles. The van der Waals surface area contributed by atoms with Gasteiger partial charge in [-0.2, -0.15) is 0 Å². The van der Waals surface area contributed by atoms with Gasteiger partial charge in [0.15, 0.2) is 0 Å². The third-order valence-electron chi connectivity index (χ3n) is 2.39. The van der Waals surface area contributed by atoms with E-state index in [1.54, 1.807) is 0 Å². The maximum Gasteiger partial charge on any atom is 0.551 e. The van der Waals surface area contributed by atoms with E-state index in [1.807, 2.05) is 20.8 Å². The summed E-state index contributed by atoms with van der Waals surface area (Å²) in [4.78, 5) is 11.8. The van der Waals surface area contributed by atoms with Gasteiger partial charge in [0.1, 0.15) is 0 Å². The molecular formula is C12H24O4Si. The summed E-state index contributed by atoms with van der Waals surface area (Å²) in [7, 11) is -2.32. The Hall–Kier alpha value is -0.653. The van der Waals surface area contributed by atoms with Crippen molar-refractivity contribution in [2.24, 2.45) is 5.92 Å². The molecule has 0 saturated carbocycles. The fraction of sp³-hybridized carbons (Fsp3) is 0.750. The van der Waals surface area contributed by atoms with E-state index in [2.05, 4.69) is 13.5 Å². The van der Waals surface area contributed by atoms with Crippen molar-refractivity contribution >= 4 is 15.5 Å². The molecule has 1 atom stereocenters. The molecule has 4 nitrogen and oxygen atoms in total. The monoisotopic (exact) mass is 260 g/mol. The largest absolute Gasteiger partial charge is 0.551 e. The first-order chi connectivity index (χ1) is 8.06. The van der Waals surface area contributed by atoms with Crippen LogP contribution in [-0.4, -0.2) is 28.7 Å². The molecule has 0 rings (SSSR count). The van der Waals surface area contributed by atoms with E-state index in [9.17, 15) is 4.79 Å². The van der Waals surface area contributed by atoms with E-state index in [4.69, 9.17) is 13.3 Å². The highest BCUT2D eigenvalue weighted by molar-refractivity contribution is 6.39. The molecule has 0 aromatic carbocycles. The molecule has 0 aliphatic carbocycles. The van der Waals surface area contributed by atoms with Crippen LogP contribution < -0.4 is 0 Å². The Balaban J connectivity index is 4.24. The van der Waals surface area contributed by atoms with Crippen molar-refractivity contribution in [2.75, 3.05) is 13.2 Å². The Kier molecular flexibility index (Phi) is 9.02. The number of carbonyl (C=O) groups excluding carboxylic acids is 1. The average Bonchev–Trinajstić information content (AvgIpc) is 2.29. The van der Waals surface area contributed by atoms with Crippen molar-refractivity contribution in [1.82, 2.24) is 0 Å². The third-order valence-corrected chi connectivity index (χ3v) is 4.01. The van der Waals surface area contributed by atoms with E-state index in [-0.39, 0.29) is 11.9 Å². The van der Waals surface area contributed by atoms with E-state index in [0.29, 0.717) is 18.8 Å². The summed E-state index contributed by atoms with van der Waals surface area (Å²) in [5.74, 6) is -0.241.